The van der Waals surface area contributed by atoms with Crippen LogP contribution in [0.4, 0.5) is 0 Å². The lowest BCUT2D eigenvalue weighted by Gasteiger charge is -2.08. The molecule has 102 valence electrons. The number of primary amides is 1. The lowest BCUT2D eigenvalue weighted by molar-refractivity contribution is -0.125. The van der Waals surface area contributed by atoms with Crippen LogP contribution in [0, 0.1) is 0 Å². The molecule has 0 aliphatic heterocycles. The number of carbonyl (C=O) groups excluding carboxylic acids is 3. The number of amides is 3. The minimum absolute atomic E-state index is 0.0334. The predicted molar refractivity (Wildman–Crippen MR) is 67.3 cm³/mol. The van der Waals surface area contributed by atoms with Gasteiger partial charge in [-0.3, -0.25) is 14.4 Å². The molecular formula is C12H15N3O4. The van der Waals surface area contributed by atoms with E-state index in [1.165, 1.54) is 19.1 Å². The highest BCUT2D eigenvalue weighted by Gasteiger charge is 2.02. The monoisotopic (exact) mass is 265 g/mol. The molecule has 0 aliphatic rings. The van der Waals surface area contributed by atoms with Crippen LogP contribution in [-0.2, 0) is 9.59 Å². The van der Waals surface area contributed by atoms with E-state index in [0.717, 1.165) is 0 Å². The Bertz CT molecular complexity index is 470. The van der Waals surface area contributed by atoms with Crippen molar-refractivity contribution >= 4 is 17.7 Å². The van der Waals surface area contributed by atoms with Gasteiger partial charge in [0.25, 0.3) is 0 Å². The van der Waals surface area contributed by atoms with Crippen LogP contribution >= 0.6 is 0 Å². The Labute approximate surface area is 110 Å². The van der Waals surface area contributed by atoms with Gasteiger partial charge in [-0.15, -0.1) is 0 Å². The number of hydrogen-bond acceptors (Lipinski definition) is 4. The van der Waals surface area contributed by atoms with Gasteiger partial charge >= 0.3 is 0 Å². The second-order valence-corrected chi connectivity index (χ2v) is 3.69. The molecule has 0 radical (unpaired) electrons. The molecular weight excluding hydrogens is 250 g/mol. The van der Waals surface area contributed by atoms with Crippen molar-refractivity contribution in [3.05, 3.63) is 29.8 Å². The minimum atomic E-state index is -0.518. The van der Waals surface area contributed by atoms with E-state index in [-0.39, 0.29) is 25.1 Å². The van der Waals surface area contributed by atoms with Gasteiger partial charge in [0.05, 0.1) is 6.54 Å². The highest BCUT2D eigenvalue weighted by Crippen LogP contribution is 2.11. The molecule has 7 heteroatoms. The maximum absolute atomic E-state index is 11.2. The van der Waals surface area contributed by atoms with Gasteiger partial charge in [-0.1, -0.05) is 0 Å². The molecule has 0 bridgehead atoms. The van der Waals surface area contributed by atoms with Crippen molar-refractivity contribution in [3.63, 3.8) is 0 Å². The quantitative estimate of drug-likeness (QED) is 0.595. The summed E-state index contributed by atoms with van der Waals surface area (Å²) in [6.45, 7) is 1.19. The topological polar surface area (TPSA) is 111 Å². The zero-order valence-electron chi connectivity index (χ0n) is 10.4. The number of benzene rings is 1. The fraction of sp³-hybridized carbons (Fsp3) is 0.250. The highest BCUT2D eigenvalue weighted by molar-refractivity contribution is 5.92. The molecule has 0 aliphatic carbocycles. The first-order chi connectivity index (χ1) is 8.99. The number of nitrogens with two attached hydrogens (primary N) is 1. The lowest BCUT2D eigenvalue weighted by atomic mass is 10.2. The molecule has 0 heterocycles. The molecule has 1 aromatic rings. The molecule has 0 fully saturated rings. The van der Waals surface area contributed by atoms with Crippen LogP contribution < -0.4 is 21.1 Å². The third kappa shape index (κ3) is 5.53. The normalized spacial score (nSPS) is 9.53. The van der Waals surface area contributed by atoms with Crippen LogP contribution in [-0.4, -0.2) is 31.0 Å². The van der Waals surface area contributed by atoms with Crippen molar-refractivity contribution in [2.75, 3.05) is 13.3 Å². The fourth-order valence-electron chi connectivity index (χ4n) is 1.18. The first-order valence-corrected chi connectivity index (χ1v) is 5.53. The Morgan fingerprint density at radius 1 is 1.16 bits per heavy atom. The number of ether oxygens (including phenoxy) is 1. The summed E-state index contributed by atoms with van der Waals surface area (Å²) in [4.78, 5) is 32.6. The van der Waals surface area contributed by atoms with Gasteiger partial charge in [0, 0.05) is 12.5 Å². The van der Waals surface area contributed by atoms with Crippen molar-refractivity contribution in [1.29, 1.82) is 0 Å². The van der Waals surface area contributed by atoms with Gasteiger partial charge in [0.2, 0.25) is 17.7 Å². The van der Waals surface area contributed by atoms with Crippen molar-refractivity contribution in [2.45, 2.75) is 6.92 Å². The van der Waals surface area contributed by atoms with E-state index in [0.29, 0.717) is 11.3 Å². The Morgan fingerprint density at radius 3 is 2.32 bits per heavy atom. The van der Waals surface area contributed by atoms with Crippen LogP contribution in [0.3, 0.4) is 0 Å². The van der Waals surface area contributed by atoms with Crippen LogP contribution in [0.1, 0.15) is 17.3 Å². The SMILES string of the molecule is CC(=O)NCC(=O)NCOc1ccc(C(N)=O)cc1. The summed E-state index contributed by atoms with van der Waals surface area (Å²) < 4.78 is 5.22. The van der Waals surface area contributed by atoms with Crippen molar-refractivity contribution in [1.82, 2.24) is 10.6 Å². The molecule has 1 rings (SSSR count). The number of rotatable bonds is 6. The van der Waals surface area contributed by atoms with Crippen molar-refractivity contribution in [2.24, 2.45) is 5.73 Å². The van der Waals surface area contributed by atoms with Gasteiger partial charge in [0.1, 0.15) is 5.75 Å². The van der Waals surface area contributed by atoms with Crippen LogP contribution in [0.25, 0.3) is 0 Å². The molecule has 0 atom stereocenters. The smallest absolute Gasteiger partial charge is 0.248 e. The van der Waals surface area contributed by atoms with Crippen LogP contribution in [0.5, 0.6) is 5.75 Å². The van der Waals surface area contributed by atoms with Crippen molar-refractivity contribution in [3.8, 4) is 5.75 Å². The Morgan fingerprint density at radius 2 is 1.79 bits per heavy atom. The fourth-order valence-corrected chi connectivity index (χ4v) is 1.18. The molecule has 1 aromatic carbocycles. The summed E-state index contributed by atoms with van der Waals surface area (Å²) in [5.74, 6) is -0.665. The lowest BCUT2D eigenvalue weighted by Crippen LogP contribution is -2.37. The van der Waals surface area contributed by atoms with Crippen LogP contribution in [0.15, 0.2) is 24.3 Å². The summed E-state index contributed by atoms with van der Waals surface area (Å²) in [6, 6.07) is 6.19. The zero-order valence-corrected chi connectivity index (χ0v) is 10.4. The molecule has 7 nitrogen and oxygen atoms in total. The maximum atomic E-state index is 11.2. The second-order valence-electron chi connectivity index (χ2n) is 3.69. The van der Waals surface area contributed by atoms with E-state index in [1.54, 1.807) is 12.1 Å². The third-order valence-corrected chi connectivity index (χ3v) is 2.14. The van der Waals surface area contributed by atoms with Gasteiger partial charge in [-0.05, 0) is 24.3 Å². The Hall–Kier alpha value is -2.57. The summed E-state index contributed by atoms with van der Waals surface area (Å²) in [5.41, 5.74) is 5.47. The summed E-state index contributed by atoms with van der Waals surface area (Å²) >= 11 is 0. The van der Waals surface area contributed by atoms with E-state index in [1.807, 2.05) is 0 Å². The van der Waals surface area contributed by atoms with Gasteiger partial charge in [-0.2, -0.15) is 0 Å². The largest absolute Gasteiger partial charge is 0.473 e. The molecule has 0 unspecified atom stereocenters. The summed E-state index contributed by atoms with van der Waals surface area (Å²) in [6.07, 6.45) is 0. The number of nitrogens with one attached hydrogen (secondary N) is 2. The minimum Gasteiger partial charge on any atom is -0.473 e. The predicted octanol–water partition coefficient (Wildman–Crippen LogP) is -0.626. The summed E-state index contributed by atoms with van der Waals surface area (Å²) in [7, 11) is 0. The second kappa shape index (κ2) is 7.00. The van der Waals surface area contributed by atoms with E-state index in [9.17, 15) is 14.4 Å². The molecule has 0 saturated carbocycles. The van der Waals surface area contributed by atoms with E-state index >= 15 is 0 Å². The number of carbonyl (C=O) groups is 3. The molecule has 3 amide bonds. The number of hydrogen-bond donors (Lipinski definition) is 3. The van der Waals surface area contributed by atoms with Crippen LogP contribution in [0.2, 0.25) is 0 Å². The maximum Gasteiger partial charge on any atom is 0.248 e. The first-order valence-electron chi connectivity index (χ1n) is 5.53. The highest BCUT2D eigenvalue weighted by atomic mass is 16.5. The van der Waals surface area contributed by atoms with Gasteiger partial charge < -0.3 is 21.1 Å². The average Bonchev–Trinajstić information content (AvgIpc) is 2.37. The zero-order chi connectivity index (χ0) is 14.3. The Balaban J connectivity index is 2.31. The van der Waals surface area contributed by atoms with Gasteiger partial charge in [0.15, 0.2) is 6.73 Å². The van der Waals surface area contributed by atoms with Crippen molar-refractivity contribution < 1.29 is 19.1 Å². The average molecular weight is 265 g/mol. The summed E-state index contributed by atoms with van der Waals surface area (Å²) in [5, 5.41) is 4.81. The van der Waals surface area contributed by atoms with Gasteiger partial charge in [-0.25, -0.2) is 0 Å². The molecule has 19 heavy (non-hydrogen) atoms. The molecule has 0 spiro atoms. The van der Waals surface area contributed by atoms with E-state index in [2.05, 4.69) is 10.6 Å². The first kappa shape index (κ1) is 14.5. The third-order valence-electron chi connectivity index (χ3n) is 2.14. The standard InChI is InChI=1S/C12H15N3O4/c1-8(16)14-6-11(17)15-7-19-10-4-2-9(3-5-10)12(13)18/h2-5H,6-7H2,1H3,(H2,13,18)(H,14,16)(H,15,17). The molecule has 4 N–H and O–H groups in total. The Kier molecular flexibility index (Phi) is 5.34. The van der Waals surface area contributed by atoms with E-state index < -0.39 is 5.91 Å². The van der Waals surface area contributed by atoms with E-state index in [4.69, 9.17) is 10.5 Å². The molecule has 0 saturated heterocycles. The molecule has 0 aromatic heterocycles.